The Morgan fingerprint density at radius 2 is 2.04 bits per heavy atom. The number of nitrogens with zero attached hydrogens (tertiary/aromatic N) is 2. The molecule has 1 amide bonds. The van der Waals surface area contributed by atoms with Gasteiger partial charge in [-0.25, -0.2) is 0 Å². The number of benzene rings is 1. The van der Waals surface area contributed by atoms with Crippen LogP contribution in [-0.2, 0) is 17.9 Å². The number of methoxy groups -OCH3 is 1. The Bertz CT molecular complexity index is 746. The Balaban J connectivity index is 1.41. The lowest BCUT2D eigenvalue weighted by Gasteiger charge is -2.24. The predicted molar refractivity (Wildman–Crippen MR) is 99.7 cm³/mol. The molecule has 1 aromatic heterocycles. The minimum atomic E-state index is -0.158. The van der Waals surface area contributed by atoms with Crippen molar-refractivity contribution >= 4 is 17.2 Å². The van der Waals surface area contributed by atoms with Crippen LogP contribution in [-0.4, -0.2) is 42.5 Å². The van der Waals surface area contributed by atoms with Crippen LogP contribution in [0.5, 0.6) is 5.75 Å². The van der Waals surface area contributed by atoms with Crippen molar-refractivity contribution in [1.82, 2.24) is 9.80 Å². The predicted octanol–water partition coefficient (Wildman–Crippen LogP) is 3.38. The second-order valence-electron chi connectivity index (χ2n) is 7.20. The van der Waals surface area contributed by atoms with E-state index in [0.717, 1.165) is 50.3 Å². The largest absolute Gasteiger partial charge is 0.497 e. The average molecular weight is 356 g/mol. The van der Waals surface area contributed by atoms with Crippen LogP contribution in [0, 0.1) is 5.41 Å². The minimum absolute atomic E-state index is 0.158. The highest BCUT2D eigenvalue weighted by Gasteiger charge is 2.50. The van der Waals surface area contributed by atoms with Crippen molar-refractivity contribution in [2.75, 3.05) is 26.7 Å². The molecule has 2 aliphatic heterocycles. The fourth-order valence-electron chi connectivity index (χ4n) is 4.15. The Morgan fingerprint density at radius 3 is 2.84 bits per heavy atom. The van der Waals surface area contributed by atoms with E-state index in [1.54, 1.807) is 18.4 Å². The number of ether oxygens (including phenoxy) is 1. The van der Waals surface area contributed by atoms with Gasteiger partial charge in [0.1, 0.15) is 5.75 Å². The van der Waals surface area contributed by atoms with E-state index in [1.165, 1.54) is 5.56 Å². The molecular weight excluding hydrogens is 332 g/mol. The van der Waals surface area contributed by atoms with Crippen LogP contribution < -0.4 is 4.74 Å². The highest BCUT2D eigenvalue weighted by atomic mass is 32.1. The van der Waals surface area contributed by atoms with Gasteiger partial charge in [-0.15, -0.1) is 0 Å². The fraction of sp³-hybridized carbons (Fsp3) is 0.450. The van der Waals surface area contributed by atoms with Gasteiger partial charge in [0, 0.05) is 26.2 Å². The zero-order valence-electron chi connectivity index (χ0n) is 14.6. The van der Waals surface area contributed by atoms with Gasteiger partial charge in [-0.1, -0.05) is 12.1 Å². The molecule has 0 N–H and O–H groups in total. The van der Waals surface area contributed by atoms with E-state index in [0.29, 0.717) is 12.5 Å². The van der Waals surface area contributed by atoms with E-state index in [1.807, 2.05) is 23.1 Å². The first-order valence-electron chi connectivity index (χ1n) is 8.84. The molecule has 0 saturated carbocycles. The standard InChI is InChI=1S/C20H24N2O2S/c1-24-18-4-2-3-16(11-18)13-22-9-7-20(19(22)23)6-8-21(15-20)12-17-5-10-25-14-17/h2-5,10-11,14H,6-9,12-13,15H2,1H3/t20-/m1/s1. The molecule has 0 bridgehead atoms. The van der Waals surface area contributed by atoms with Crippen molar-refractivity contribution in [1.29, 1.82) is 0 Å². The number of thiophene rings is 1. The van der Waals surface area contributed by atoms with Crippen LogP contribution in [0.4, 0.5) is 0 Å². The molecule has 4 rings (SSSR count). The lowest BCUT2D eigenvalue weighted by molar-refractivity contribution is -0.136. The quantitative estimate of drug-likeness (QED) is 0.823. The molecule has 4 nitrogen and oxygen atoms in total. The van der Waals surface area contributed by atoms with E-state index < -0.39 is 0 Å². The van der Waals surface area contributed by atoms with Gasteiger partial charge >= 0.3 is 0 Å². The molecule has 5 heteroatoms. The van der Waals surface area contributed by atoms with Crippen LogP contribution in [0.1, 0.15) is 24.0 Å². The first kappa shape index (κ1) is 16.6. The van der Waals surface area contributed by atoms with Crippen molar-refractivity contribution < 1.29 is 9.53 Å². The van der Waals surface area contributed by atoms with Crippen molar-refractivity contribution in [2.24, 2.45) is 5.41 Å². The number of carbonyl (C=O) groups excluding carboxylic acids is 1. The van der Waals surface area contributed by atoms with Gasteiger partial charge in [0.15, 0.2) is 0 Å². The molecule has 0 unspecified atom stereocenters. The van der Waals surface area contributed by atoms with Crippen molar-refractivity contribution in [3.8, 4) is 5.75 Å². The molecule has 2 aliphatic rings. The van der Waals surface area contributed by atoms with Crippen LogP contribution in [0.15, 0.2) is 41.1 Å². The summed E-state index contributed by atoms with van der Waals surface area (Å²) in [6, 6.07) is 10.2. The normalized spacial score (nSPS) is 23.7. The molecule has 2 aromatic rings. The molecular formula is C20H24N2O2S. The first-order chi connectivity index (χ1) is 12.2. The first-order valence-corrected chi connectivity index (χ1v) is 9.79. The third kappa shape index (κ3) is 3.31. The number of hydrogen-bond acceptors (Lipinski definition) is 4. The molecule has 132 valence electrons. The summed E-state index contributed by atoms with van der Waals surface area (Å²) in [7, 11) is 1.68. The molecule has 0 aliphatic carbocycles. The van der Waals surface area contributed by atoms with E-state index in [-0.39, 0.29) is 5.41 Å². The Kier molecular flexibility index (Phi) is 4.52. The lowest BCUT2D eigenvalue weighted by Crippen LogP contribution is -2.36. The summed E-state index contributed by atoms with van der Waals surface area (Å²) >= 11 is 1.74. The summed E-state index contributed by atoms with van der Waals surface area (Å²) in [6.45, 7) is 4.43. The number of rotatable bonds is 5. The molecule has 3 heterocycles. The summed E-state index contributed by atoms with van der Waals surface area (Å²) in [5.74, 6) is 1.19. The lowest BCUT2D eigenvalue weighted by atomic mass is 9.85. The molecule has 2 fully saturated rings. The van der Waals surface area contributed by atoms with Gasteiger partial charge in [0.05, 0.1) is 12.5 Å². The molecule has 25 heavy (non-hydrogen) atoms. The zero-order chi connectivity index (χ0) is 17.3. The smallest absolute Gasteiger partial charge is 0.230 e. The highest BCUT2D eigenvalue weighted by Crippen LogP contribution is 2.41. The third-order valence-electron chi connectivity index (χ3n) is 5.53. The maximum atomic E-state index is 13.1. The van der Waals surface area contributed by atoms with Gasteiger partial charge in [0.2, 0.25) is 5.91 Å². The van der Waals surface area contributed by atoms with Crippen molar-refractivity contribution in [2.45, 2.75) is 25.9 Å². The second kappa shape index (κ2) is 6.81. The summed E-state index contributed by atoms with van der Waals surface area (Å²) in [4.78, 5) is 17.6. The maximum Gasteiger partial charge on any atom is 0.230 e. The summed E-state index contributed by atoms with van der Waals surface area (Å²) in [5.41, 5.74) is 2.34. The number of likely N-dealkylation sites (tertiary alicyclic amines) is 2. The van der Waals surface area contributed by atoms with Crippen LogP contribution in [0.3, 0.4) is 0 Å². The van der Waals surface area contributed by atoms with E-state index >= 15 is 0 Å². The van der Waals surface area contributed by atoms with Gasteiger partial charge in [-0.05, 0) is 59.5 Å². The number of carbonyl (C=O) groups is 1. The van der Waals surface area contributed by atoms with Gasteiger partial charge < -0.3 is 9.64 Å². The number of hydrogen-bond donors (Lipinski definition) is 0. The van der Waals surface area contributed by atoms with Crippen molar-refractivity contribution in [3.63, 3.8) is 0 Å². The molecule has 0 radical (unpaired) electrons. The second-order valence-corrected chi connectivity index (χ2v) is 7.98. The minimum Gasteiger partial charge on any atom is -0.497 e. The fourth-order valence-corrected chi connectivity index (χ4v) is 4.81. The Hall–Kier alpha value is -1.85. The molecule has 1 spiro atoms. The Labute approximate surface area is 153 Å². The zero-order valence-corrected chi connectivity index (χ0v) is 15.4. The van der Waals surface area contributed by atoms with Gasteiger partial charge in [0.25, 0.3) is 0 Å². The monoisotopic (exact) mass is 356 g/mol. The number of amides is 1. The van der Waals surface area contributed by atoms with Crippen molar-refractivity contribution in [3.05, 3.63) is 52.2 Å². The summed E-state index contributed by atoms with van der Waals surface area (Å²) < 4.78 is 5.29. The SMILES string of the molecule is COc1cccc(CN2CC[C@@]3(CCN(Cc4ccsc4)C3)C2=O)c1. The van der Waals surface area contributed by atoms with Crippen LogP contribution in [0.2, 0.25) is 0 Å². The summed E-state index contributed by atoms with van der Waals surface area (Å²) in [5, 5.41) is 4.33. The topological polar surface area (TPSA) is 32.8 Å². The Morgan fingerprint density at radius 1 is 1.16 bits per heavy atom. The molecule has 1 atom stereocenters. The van der Waals surface area contributed by atoms with Crippen LogP contribution >= 0.6 is 11.3 Å². The average Bonchev–Trinajstić information content (AvgIpc) is 3.35. The van der Waals surface area contributed by atoms with Gasteiger partial charge in [-0.3, -0.25) is 9.69 Å². The molecule has 1 aromatic carbocycles. The van der Waals surface area contributed by atoms with E-state index in [9.17, 15) is 4.79 Å². The summed E-state index contributed by atoms with van der Waals surface area (Å²) in [6.07, 6.45) is 1.97. The highest BCUT2D eigenvalue weighted by molar-refractivity contribution is 7.07. The van der Waals surface area contributed by atoms with Gasteiger partial charge in [-0.2, -0.15) is 11.3 Å². The van der Waals surface area contributed by atoms with E-state index in [2.05, 4.69) is 27.8 Å². The maximum absolute atomic E-state index is 13.1. The van der Waals surface area contributed by atoms with Crippen LogP contribution in [0.25, 0.3) is 0 Å². The van der Waals surface area contributed by atoms with E-state index in [4.69, 9.17) is 4.74 Å². The third-order valence-corrected chi connectivity index (χ3v) is 6.26. The molecule has 2 saturated heterocycles.